The first-order valence-corrected chi connectivity index (χ1v) is 5.75. The highest BCUT2D eigenvalue weighted by Crippen LogP contribution is 1.99. The van der Waals surface area contributed by atoms with Crippen LogP contribution in [-0.2, 0) is 14.3 Å². The highest BCUT2D eigenvalue weighted by atomic mass is 16.5. The van der Waals surface area contributed by atoms with Gasteiger partial charge in [0.1, 0.15) is 6.54 Å². The lowest BCUT2D eigenvalue weighted by Crippen LogP contribution is -2.41. The average Bonchev–Trinajstić information content (AvgIpc) is 2.28. The SMILES string of the molecule is CCOC(=O)CN(C)C(=O)NCCC(C)C(=O)O. The molecule has 104 valence electrons. The molecule has 7 heteroatoms. The first-order valence-electron chi connectivity index (χ1n) is 5.75. The highest BCUT2D eigenvalue weighted by Gasteiger charge is 2.14. The van der Waals surface area contributed by atoms with Crippen LogP contribution in [-0.4, -0.2) is 54.7 Å². The van der Waals surface area contributed by atoms with Crippen LogP contribution in [0.2, 0.25) is 0 Å². The van der Waals surface area contributed by atoms with Crippen molar-refractivity contribution in [2.45, 2.75) is 20.3 Å². The molecule has 0 aromatic heterocycles. The molecule has 0 saturated carbocycles. The summed E-state index contributed by atoms with van der Waals surface area (Å²) in [5, 5.41) is 11.2. The molecule has 0 aromatic carbocycles. The van der Waals surface area contributed by atoms with Crippen molar-refractivity contribution in [3.8, 4) is 0 Å². The van der Waals surface area contributed by atoms with Gasteiger partial charge in [-0.1, -0.05) is 6.92 Å². The van der Waals surface area contributed by atoms with Gasteiger partial charge in [0.2, 0.25) is 0 Å². The second kappa shape index (κ2) is 8.32. The summed E-state index contributed by atoms with van der Waals surface area (Å²) < 4.78 is 4.70. The Labute approximate surface area is 106 Å². The van der Waals surface area contributed by atoms with Crippen LogP contribution >= 0.6 is 0 Å². The lowest BCUT2D eigenvalue weighted by molar-refractivity contribution is -0.143. The predicted octanol–water partition coefficient (Wildman–Crippen LogP) is 0.302. The molecule has 0 saturated heterocycles. The highest BCUT2D eigenvalue weighted by molar-refractivity contribution is 5.80. The monoisotopic (exact) mass is 260 g/mol. The summed E-state index contributed by atoms with van der Waals surface area (Å²) in [6.45, 7) is 3.64. The van der Waals surface area contributed by atoms with Crippen LogP contribution in [0.3, 0.4) is 0 Å². The predicted molar refractivity (Wildman–Crippen MR) is 64.1 cm³/mol. The van der Waals surface area contributed by atoms with Gasteiger partial charge in [0.15, 0.2) is 0 Å². The number of aliphatic carboxylic acids is 1. The van der Waals surface area contributed by atoms with E-state index in [4.69, 9.17) is 9.84 Å². The third-order valence-electron chi connectivity index (χ3n) is 2.29. The van der Waals surface area contributed by atoms with Gasteiger partial charge in [-0.2, -0.15) is 0 Å². The average molecular weight is 260 g/mol. The molecule has 0 fully saturated rings. The zero-order chi connectivity index (χ0) is 14.1. The van der Waals surface area contributed by atoms with Crippen molar-refractivity contribution < 1.29 is 24.2 Å². The van der Waals surface area contributed by atoms with E-state index in [1.54, 1.807) is 13.8 Å². The number of likely N-dealkylation sites (N-methyl/N-ethyl adjacent to an activating group) is 1. The standard InChI is InChI=1S/C11H20N2O5/c1-4-18-9(14)7-13(3)11(17)12-6-5-8(2)10(15)16/h8H,4-7H2,1-3H3,(H,12,17)(H,15,16). The fourth-order valence-electron chi connectivity index (χ4n) is 1.13. The Morgan fingerprint density at radius 3 is 2.50 bits per heavy atom. The molecule has 0 aliphatic rings. The van der Waals surface area contributed by atoms with E-state index < -0.39 is 23.9 Å². The molecule has 2 amide bonds. The van der Waals surface area contributed by atoms with E-state index in [-0.39, 0.29) is 19.7 Å². The quantitative estimate of drug-likeness (QED) is 0.642. The topological polar surface area (TPSA) is 95.9 Å². The first-order chi connectivity index (χ1) is 8.38. The van der Waals surface area contributed by atoms with E-state index >= 15 is 0 Å². The number of hydrogen-bond donors (Lipinski definition) is 2. The number of carboxylic acids is 1. The molecule has 2 N–H and O–H groups in total. The molecule has 0 aliphatic heterocycles. The Balaban J connectivity index is 3.88. The second-order valence-electron chi connectivity index (χ2n) is 3.92. The fourth-order valence-corrected chi connectivity index (χ4v) is 1.13. The molecule has 0 bridgehead atoms. The Bertz CT molecular complexity index is 306. The van der Waals surface area contributed by atoms with Crippen LogP contribution < -0.4 is 5.32 Å². The van der Waals surface area contributed by atoms with Gasteiger partial charge in [-0.25, -0.2) is 4.79 Å². The second-order valence-corrected chi connectivity index (χ2v) is 3.92. The van der Waals surface area contributed by atoms with Crippen LogP contribution in [0.15, 0.2) is 0 Å². The smallest absolute Gasteiger partial charge is 0.325 e. The van der Waals surface area contributed by atoms with Gasteiger partial charge in [0.25, 0.3) is 0 Å². The van der Waals surface area contributed by atoms with Gasteiger partial charge in [-0.05, 0) is 13.3 Å². The normalized spacial score (nSPS) is 11.5. The molecule has 7 nitrogen and oxygen atoms in total. The van der Waals surface area contributed by atoms with Crippen molar-refractivity contribution in [1.29, 1.82) is 0 Å². The summed E-state index contributed by atoms with van der Waals surface area (Å²) >= 11 is 0. The Kier molecular flexibility index (Phi) is 7.50. The summed E-state index contributed by atoms with van der Waals surface area (Å²) in [6, 6.07) is -0.430. The Morgan fingerprint density at radius 2 is 2.00 bits per heavy atom. The Morgan fingerprint density at radius 1 is 1.39 bits per heavy atom. The van der Waals surface area contributed by atoms with Crippen molar-refractivity contribution in [2.75, 3.05) is 26.7 Å². The van der Waals surface area contributed by atoms with E-state index in [1.165, 1.54) is 11.9 Å². The summed E-state index contributed by atoms with van der Waals surface area (Å²) in [5.74, 6) is -1.89. The number of nitrogens with one attached hydrogen (secondary N) is 1. The van der Waals surface area contributed by atoms with E-state index in [0.29, 0.717) is 6.42 Å². The van der Waals surface area contributed by atoms with Gasteiger partial charge in [0.05, 0.1) is 12.5 Å². The van der Waals surface area contributed by atoms with Gasteiger partial charge in [-0.3, -0.25) is 9.59 Å². The van der Waals surface area contributed by atoms with Crippen molar-refractivity contribution >= 4 is 18.0 Å². The molecule has 0 aliphatic carbocycles. The number of ether oxygens (including phenoxy) is 1. The maximum atomic E-state index is 11.5. The van der Waals surface area contributed by atoms with E-state index in [0.717, 1.165) is 0 Å². The number of esters is 1. The van der Waals surface area contributed by atoms with Gasteiger partial charge in [0, 0.05) is 13.6 Å². The molecule has 1 unspecified atom stereocenters. The minimum absolute atomic E-state index is 0.131. The number of carboxylic acid groups (broad SMARTS) is 1. The minimum Gasteiger partial charge on any atom is -0.481 e. The van der Waals surface area contributed by atoms with Crippen molar-refractivity contribution in [1.82, 2.24) is 10.2 Å². The summed E-state index contributed by atoms with van der Waals surface area (Å²) in [4.78, 5) is 34.3. The number of nitrogens with zero attached hydrogens (tertiary/aromatic N) is 1. The summed E-state index contributed by atoms with van der Waals surface area (Å²) in [5.41, 5.74) is 0. The molecule has 0 radical (unpaired) electrons. The lowest BCUT2D eigenvalue weighted by atomic mass is 10.1. The van der Waals surface area contributed by atoms with Crippen LogP contribution in [0.25, 0.3) is 0 Å². The molecule has 0 rings (SSSR count). The number of urea groups is 1. The minimum atomic E-state index is -0.899. The summed E-state index contributed by atoms with van der Waals surface area (Å²) in [7, 11) is 1.47. The van der Waals surface area contributed by atoms with Crippen LogP contribution in [0.1, 0.15) is 20.3 Å². The third kappa shape index (κ3) is 6.72. The number of carbonyl (C=O) groups is 3. The maximum Gasteiger partial charge on any atom is 0.325 e. The maximum absolute atomic E-state index is 11.5. The van der Waals surface area contributed by atoms with Crippen molar-refractivity contribution in [3.63, 3.8) is 0 Å². The molecule has 0 aromatic rings. The largest absolute Gasteiger partial charge is 0.481 e. The molecular weight excluding hydrogens is 240 g/mol. The zero-order valence-corrected chi connectivity index (χ0v) is 10.9. The molecule has 1 atom stereocenters. The molecular formula is C11H20N2O5. The third-order valence-corrected chi connectivity index (χ3v) is 2.29. The number of hydrogen-bond acceptors (Lipinski definition) is 4. The Hall–Kier alpha value is -1.79. The fraction of sp³-hybridized carbons (Fsp3) is 0.727. The first kappa shape index (κ1) is 16.2. The molecule has 18 heavy (non-hydrogen) atoms. The van der Waals surface area contributed by atoms with E-state index in [1.807, 2.05) is 0 Å². The van der Waals surface area contributed by atoms with Gasteiger partial charge < -0.3 is 20.1 Å². The number of carbonyl (C=O) groups excluding carboxylic acids is 2. The van der Waals surface area contributed by atoms with Gasteiger partial charge in [-0.15, -0.1) is 0 Å². The van der Waals surface area contributed by atoms with E-state index in [9.17, 15) is 14.4 Å². The number of amides is 2. The molecule has 0 spiro atoms. The van der Waals surface area contributed by atoms with Crippen LogP contribution in [0.5, 0.6) is 0 Å². The zero-order valence-electron chi connectivity index (χ0n) is 10.9. The van der Waals surface area contributed by atoms with Crippen LogP contribution in [0, 0.1) is 5.92 Å². The summed E-state index contributed by atoms with van der Waals surface area (Å²) in [6.07, 6.45) is 0.342. The number of rotatable bonds is 7. The van der Waals surface area contributed by atoms with Crippen molar-refractivity contribution in [3.05, 3.63) is 0 Å². The lowest BCUT2D eigenvalue weighted by Gasteiger charge is -2.17. The van der Waals surface area contributed by atoms with E-state index in [2.05, 4.69) is 5.32 Å². The van der Waals surface area contributed by atoms with Gasteiger partial charge >= 0.3 is 18.0 Å². The molecule has 0 heterocycles. The van der Waals surface area contributed by atoms with Crippen LogP contribution in [0.4, 0.5) is 4.79 Å². The van der Waals surface area contributed by atoms with Crippen molar-refractivity contribution in [2.24, 2.45) is 5.92 Å².